The van der Waals surface area contributed by atoms with E-state index in [4.69, 9.17) is 0 Å². The van der Waals surface area contributed by atoms with Crippen LogP contribution in [-0.2, 0) is 14.8 Å². The van der Waals surface area contributed by atoms with Gasteiger partial charge in [0.25, 0.3) is 0 Å². The van der Waals surface area contributed by atoms with E-state index in [9.17, 15) is 17.6 Å². The van der Waals surface area contributed by atoms with Crippen LogP contribution in [0.25, 0.3) is 0 Å². The van der Waals surface area contributed by atoms with E-state index in [0.717, 1.165) is 18.9 Å². The lowest BCUT2D eigenvalue weighted by atomic mass is 10.1. The minimum atomic E-state index is -3.68. The summed E-state index contributed by atoms with van der Waals surface area (Å²) in [6.45, 7) is 2.41. The molecule has 120 valence electrons. The molecule has 0 aromatic heterocycles. The lowest BCUT2D eigenvalue weighted by molar-refractivity contribution is -0.128. The molecule has 2 fully saturated rings. The molecule has 1 aliphatic carbocycles. The molecule has 0 bridgehead atoms. The summed E-state index contributed by atoms with van der Waals surface area (Å²) in [6, 6.07) is 3.97. The van der Waals surface area contributed by atoms with Crippen LogP contribution < -0.4 is 4.72 Å². The van der Waals surface area contributed by atoms with Gasteiger partial charge in [-0.2, -0.15) is 0 Å². The second kappa shape index (κ2) is 5.62. The van der Waals surface area contributed by atoms with Crippen LogP contribution in [0.3, 0.4) is 0 Å². The summed E-state index contributed by atoms with van der Waals surface area (Å²) in [7, 11) is -3.68. The molecule has 1 atom stereocenters. The Labute approximate surface area is 129 Å². The molecule has 5 nitrogen and oxygen atoms in total. The minimum absolute atomic E-state index is 0.00336. The Morgan fingerprint density at radius 3 is 2.73 bits per heavy atom. The Bertz CT molecular complexity index is 701. The first-order chi connectivity index (χ1) is 10.4. The summed E-state index contributed by atoms with van der Waals surface area (Å²) in [4.78, 5) is 13.8. The number of sulfonamides is 1. The van der Waals surface area contributed by atoms with Crippen molar-refractivity contribution in [1.82, 2.24) is 9.62 Å². The van der Waals surface area contributed by atoms with E-state index in [1.165, 1.54) is 12.1 Å². The van der Waals surface area contributed by atoms with E-state index in [1.807, 2.05) is 4.90 Å². The number of nitrogens with zero attached hydrogens (tertiary/aromatic N) is 1. The average Bonchev–Trinajstić information content (AvgIpc) is 3.20. The summed E-state index contributed by atoms with van der Waals surface area (Å²) < 4.78 is 40.2. The molecule has 1 amide bonds. The molecule has 1 saturated carbocycles. The molecule has 1 aliphatic heterocycles. The van der Waals surface area contributed by atoms with Gasteiger partial charge in [0, 0.05) is 25.6 Å². The summed E-state index contributed by atoms with van der Waals surface area (Å²) in [5.41, 5.74) is 0.370. The molecule has 22 heavy (non-hydrogen) atoms. The van der Waals surface area contributed by atoms with Crippen LogP contribution in [0, 0.1) is 18.7 Å². The summed E-state index contributed by atoms with van der Waals surface area (Å²) >= 11 is 0. The molecule has 3 rings (SSSR count). The zero-order valence-corrected chi connectivity index (χ0v) is 13.2. The third kappa shape index (κ3) is 3.15. The molecule has 1 saturated heterocycles. The summed E-state index contributed by atoms with van der Waals surface area (Å²) in [5, 5.41) is 0. The largest absolute Gasteiger partial charge is 0.339 e. The van der Waals surface area contributed by atoms with Crippen LogP contribution in [-0.4, -0.2) is 38.4 Å². The fourth-order valence-corrected chi connectivity index (χ4v) is 4.24. The molecule has 1 N–H and O–H groups in total. The number of hydrogen-bond acceptors (Lipinski definition) is 3. The van der Waals surface area contributed by atoms with Gasteiger partial charge >= 0.3 is 0 Å². The van der Waals surface area contributed by atoms with Crippen molar-refractivity contribution in [2.24, 2.45) is 5.92 Å². The summed E-state index contributed by atoms with van der Waals surface area (Å²) in [6.07, 6.45) is 2.50. The van der Waals surface area contributed by atoms with Crippen molar-refractivity contribution in [3.05, 3.63) is 29.6 Å². The van der Waals surface area contributed by atoms with Gasteiger partial charge in [0.15, 0.2) is 0 Å². The molecule has 1 aromatic carbocycles. The normalized spacial score (nSPS) is 22.4. The monoisotopic (exact) mass is 326 g/mol. The smallest absolute Gasteiger partial charge is 0.240 e. The van der Waals surface area contributed by atoms with Crippen molar-refractivity contribution >= 4 is 15.9 Å². The number of aryl methyl sites for hydroxylation is 1. The minimum Gasteiger partial charge on any atom is -0.339 e. The van der Waals surface area contributed by atoms with Gasteiger partial charge < -0.3 is 4.90 Å². The Morgan fingerprint density at radius 2 is 2.09 bits per heavy atom. The first-order valence-corrected chi connectivity index (χ1v) is 8.90. The van der Waals surface area contributed by atoms with Gasteiger partial charge in [-0.15, -0.1) is 0 Å². The number of carbonyl (C=O) groups excluding carboxylic acids is 1. The van der Waals surface area contributed by atoms with E-state index in [1.54, 1.807) is 6.92 Å². The van der Waals surface area contributed by atoms with Crippen molar-refractivity contribution in [1.29, 1.82) is 0 Å². The Morgan fingerprint density at radius 1 is 1.36 bits per heavy atom. The van der Waals surface area contributed by atoms with Crippen molar-refractivity contribution in [2.75, 3.05) is 13.1 Å². The van der Waals surface area contributed by atoms with Crippen molar-refractivity contribution in [3.63, 3.8) is 0 Å². The maximum atomic E-state index is 13.1. The number of halogens is 1. The highest BCUT2D eigenvalue weighted by Crippen LogP contribution is 2.32. The topological polar surface area (TPSA) is 66.5 Å². The van der Waals surface area contributed by atoms with Crippen LogP contribution in [0.5, 0.6) is 0 Å². The van der Waals surface area contributed by atoms with E-state index in [-0.39, 0.29) is 23.3 Å². The molecule has 1 heterocycles. The van der Waals surface area contributed by atoms with Crippen LogP contribution in [0.1, 0.15) is 24.8 Å². The molecule has 2 aliphatic rings. The number of rotatable bonds is 5. The number of benzene rings is 1. The van der Waals surface area contributed by atoms with Gasteiger partial charge in [0.1, 0.15) is 5.82 Å². The SMILES string of the molecule is Cc1cc(F)ccc1S(=O)(=O)NCC1CC(=O)N(C2CC2)C1. The highest BCUT2D eigenvalue weighted by molar-refractivity contribution is 7.89. The third-order valence-electron chi connectivity index (χ3n) is 4.21. The second-order valence-corrected chi connectivity index (χ2v) is 7.84. The number of likely N-dealkylation sites (tertiary alicyclic amines) is 1. The standard InChI is InChI=1S/C15H19FN2O3S/c1-10-6-12(16)2-5-14(10)22(20,21)17-8-11-7-15(19)18(9-11)13-3-4-13/h2,5-6,11,13,17H,3-4,7-9H2,1H3. The van der Waals surface area contributed by atoms with Gasteiger partial charge in [0.2, 0.25) is 15.9 Å². The van der Waals surface area contributed by atoms with E-state index < -0.39 is 15.8 Å². The number of carbonyl (C=O) groups is 1. The first kappa shape index (κ1) is 15.4. The highest BCUT2D eigenvalue weighted by atomic mass is 32.2. The first-order valence-electron chi connectivity index (χ1n) is 7.42. The fraction of sp³-hybridized carbons (Fsp3) is 0.533. The number of hydrogen-bond donors (Lipinski definition) is 1. The van der Waals surface area contributed by atoms with Crippen molar-refractivity contribution in [3.8, 4) is 0 Å². The zero-order valence-electron chi connectivity index (χ0n) is 12.4. The Balaban J connectivity index is 1.64. The molecule has 7 heteroatoms. The molecule has 1 unspecified atom stereocenters. The van der Waals surface area contributed by atoms with Gasteiger partial charge in [-0.05, 0) is 49.4 Å². The van der Waals surface area contributed by atoms with Gasteiger partial charge in [0.05, 0.1) is 4.90 Å². The fourth-order valence-electron chi connectivity index (χ4n) is 2.90. The van der Waals surface area contributed by atoms with Gasteiger partial charge in [-0.25, -0.2) is 17.5 Å². The van der Waals surface area contributed by atoms with Crippen LogP contribution in [0.2, 0.25) is 0 Å². The quantitative estimate of drug-likeness (QED) is 0.890. The van der Waals surface area contributed by atoms with E-state index >= 15 is 0 Å². The molecule has 0 spiro atoms. The van der Waals surface area contributed by atoms with Crippen LogP contribution >= 0.6 is 0 Å². The lowest BCUT2D eigenvalue weighted by Gasteiger charge is -2.16. The van der Waals surface area contributed by atoms with Gasteiger partial charge in [-0.1, -0.05) is 0 Å². The van der Waals surface area contributed by atoms with Crippen LogP contribution in [0.4, 0.5) is 4.39 Å². The highest BCUT2D eigenvalue weighted by Gasteiger charge is 2.39. The maximum Gasteiger partial charge on any atom is 0.240 e. The predicted octanol–water partition coefficient (Wildman–Crippen LogP) is 1.42. The third-order valence-corrected chi connectivity index (χ3v) is 5.80. The number of amides is 1. The molecule has 1 aromatic rings. The molecular formula is C15H19FN2O3S. The number of nitrogens with one attached hydrogen (secondary N) is 1. The predicted molar refractivity (Wildman–Crippen MR) is 79.2 cm³/mol. The second-order valence-electron chi connectivity index (χ2n) is 6.11. The summed E-state index contributed by atoms with van der Waals surface area (Å²) in [5.74, 6) is -0.341. The Kier molecular flexibility index (Phi) is 3.94. The zero-order chi connectivity index (χ0) is 15.9. The van der Waals surface area contributed by atoms with Crippen LogP contribution in [0.15, 0.2) is 23.1 Å². The molecular weight excluding hydrogens is 307 g/mol. The lowest BCUT2D eigenvalue weighted by Crippen LogP contribution is -2.32. The van der Waals surface area contributed by atoms with E-state index in [2.05, 4.69) is 4.72 Å². The van der Waals surface area contributed by atoms with Crippen molar-refractivity contribution in [2.45, 2.75) is 37.1 Å². The Hall–Kier alpha value is -1.47. The van der Waals surface area contributed by atoms with Crippen molar-refractivity contribution < 1.29 is 17.6 Å². The van der Waals surface area contributed by atoms with Gasteiger partial charge in [-0.3, -0.25) is 4.79 Å². The maximum absolute atomic E-state index is 13.1. The van der Waals surface area contributed by atoms with E-state index in [0.29, 0.717) is 24.6 Å². The average molecular weight is 326 g/mol. The molecule has 0 radical (unpaired) electrons.